The van der Waals surface area contributed by atoms with Gasteiger partial charge in [-0.1, -0.05) is 74.5 Å². The molecule has 0 radical (unpaired) electrons. The van der Waals surface area contributed by atoms with E-state index in [0.29, 0.717) is 19.8 Å². The molecule has 0 aliphatic rings. The highest BCUT2D eigenvalue weighted by Crippen LogP contribution is 2.19. The zero-order chi connectivity index (χ0) is 17.2. The van der Waals surface area contributed by atoms with Gasteiger partial charge in [0, 0.05) is 11.8 Å². The fraction of sp³-hybridized carbons (Fsp3) is 0.381. The normalized spacial score (nSPS) is 14.8. The maximum absolute atomic E-state index is 11.2. The predicted octanol–water partition coefficient (Wildman–Crippen LogP) is 4.26. The van der Waals surface area contributed by atoms with Gasteiger partial charge >= 0.3 is 0 Å². The van der Waals surface area contributed by atoms with Crippen molar-refractivity contribution in [2.24, 2.45) is 11.8 Å². The van der Waals surface area contributed by atoms with E-state index >= 15 is 0 Å². The maximum atomic E-state index is 11.2. The Morgan fingerprint density at radius 1 is 0.875 bits per heavy atom. The molecule has 3 atom stereocenters. The van der Waals surface area contributed by atoms with Crippen molar-refractivity contribution >= 4 is 6.29 Å². The first-order valence-corrected chi connectivity index (χ1v) is 8.43. The summed E-state index contributed by atoms with van der Waals surface area (Å²) >= 11 is 0. The van der Waals surface area contributed by atoms with Crippen LogP contribution in [0.1, 0.15) is 25.0 Å². The molecule has 2 rings (SSSR count). The third-order valence-electron chi connectivity index (χ3n) is 4.07. The van der Waals surface area contributed by atoms with Gasteiger partial charge in [0.15, 0.2) is 0 Å². The van der Waals surface area contributed by atoms with Crippen LogP contribution < -0.4 is 0 Å². The van der Waals surface area contributed by atoms with E-state index in [1.165, 1.54) is 0 Å². The Kier molecular flexibility index (Phi) is 7.66. The van der Waals surface area contributed by atoms with Crippen molar-refractivity contribution in [2.75, 3.05) is 6.61 Å². The third-order valence-corrected chi connectivity index (χ3v) is 4.07. The minimum absolute atomic E-state index is 0.137. The van der Waals surface area contributed by atoms with Crippen LogP contribution in [0.3, 0.4) is 0 Å². The SMILES string of the molecule is C[C@H](C=O)[C@@H](OCc1ccccc1)[C@@H](C)COCc1ccccc1. The standard InChI is InChI=1S/C21H26O3/c1-17(13-22)21(24-16-20-11-7-4-8-12-20)18(2)14-23-15-19-9-5-3-6-10-19/h3-13,17-18,21H,14-16H2,1-2H3/t17-,18+,21-/m1/s1. The van der Waals surface area contributed by atoms with Crippen molar-refractivity contribution in [3.05, 3.63) is 71.8 Å². The predicted molar refractivity (Wildman–Crippen MR) is 95.5 cm³/mol. The molecule has 0 saturated carbocycles. The third kappa shape index (κ3) is 5.91. The highest BCUT2D eigenvalue weighted by molar-refractivity contribution is 5.53. The minimum atomic E-state index is -0.163. The first-order valence-electron chi connectivity index (χ1n) is 8.43. The van der Waals surface area contributed by atoms with Crippen LogP contribution in [-0.2, 0) is 27.5 Å². The second-order valence-corrected chi connectivity index (χ2v) is 6.23. The van der Waals surface area contributed by atoms with E-state index in [0.717, 1.165) is 17.4 Å². The van der Waals surface area contributed by atoms with Gasteiger partial charge in [0.25, 0.3) is 0 Å². The quantitative estimate of drug-likeness (QED) is 0.612. The lowest BCUT2D eigenvalue weighted by Gasteiger charge is -2.27. The monoisotopic (exact) mass is 326 g/mol. The maximum Gasteiger partial charge on any atom is 0.125 e. The van der Waals surface area contributed by atoms with Crippen molar-refractivity contribution in [1.29, 1.82) is 0 Å². The summed E-state index contributed by atoms with van der Waals surface area (Å²) in [5.41, 5.74) is 2.26. The Hall–Kier alpha value is -1.97. The van der Waals surface area contributed by atoms with Gasteiger partial charge in [0.2, 0.25) is 0 Å². The zero-order valence-electron chi connectivity index (χ0n) is 14.4. The van der Waals surface area contributed by atoms with Gasteiger partial charge in [-0.25, -0.2) is 0 Å². The van der Waals surface area contributed by atoms with Crippen LogP contribution in [0.2, 0.25) is 0 Å². The van der Waals surface area contributed by atoms with Crippen LogP contribution in [0.25, 0.3) is 0 Å². The summed E-state index contributed by atoms with van der Waals surface area (Å²) in [4.78, 5) is 11.2. The number of carbonyl (C=O) groups is 1. The van der Waals surface area contributed by atoms with E-state index in [2.05, 4.69) is 6.92 Å². The van der Waals surface area contributed by atoms with Crippen LogP contribution in [-0.4, -0.2) is 19.0 Å². The van der Waals surface area contributed by atoms with Gasteiger partial charge in [-0.2, -0.15) is 0 Å². The van der Waals surface area contributed by atoms with Gasteiger partial charge in [-0.15, -0.1) is 0 Å². The molecule has 0 spiro atoms. The van der Waals surface area contributed by atoms with Gasteiger partial charge in [0.1, 0.15) is 6.29 Å². The molecule has 3 heteroatoms. The largest absolute Gasteiger partial charge is 0.376 e. The second-order valence-electron chi connectivity index (χ2n) is 6.23. The van der Waals surface area contributed by atoms with E-state index in [9.17, 15) is 4.79 Å². The lowest BCUT2D eigenvalue weighted by Crippen LogP contribution is -2.32. The fourth-order valence-corrected chi connectivity index (χ4v) is 2.71. The summed E-state index contributed by atoms with van der Waals surface area (Å²) in [6.45, 7) is 5.61. The smallest absolute Gasteiger partial charge is 0.125 e. The average Bonchev–Trinajstić information content (AvgIpc) is 2.63. The summed E-state index contributed by atoms with van der Waals surface area (Å²) in [5.74, 6) is -0.0262. The fourth-order valence-electron chi connectivity index (χ4n) is 2.71. The average molecular weight is 326 g/mol. The molecule has 128 valence electrons. The van der Waals surface area contributed by atoms with E-state index in [4.69, 9.17) is 9.47 Å². The van der Waals surface area contributed by atoms with Gasteiger partial charge in [-0.3, -0.25) is 0 Å². The highest BCUT2D eigenvalue weighted by Gasteiger charge is 2.24. The minimum Gasteiger partial charge on any atom is -0.376 e. The summed E-state index contributed by atoms with van der Waals surface area (Å²) in [6.07, 6.45) is 0.807. The zero-order valence-corrected chi connectivity index (χ0v) is 14.4. The first kappa shape index (κ1) is 18.4. The topological polar surface area (TPSA) is 35.5 Å². The van der Waals surface area contributed by atoms with E-state index in [-0.39, 0.29) is 17.9 Å². The molecule has 0 unspecified atom stereocenters. The van der Waals surface area contributed by atoms with E-state index in [1.807, 2.05) is 67.6 Å². The molecule has 2 aromatic carbocycles. The number of carbonyl (C=O) groups excluding carboxylic acids is 1. The number of hydrogen-bond acceptors (Lipinski definition) is 3. The van der Waals surface area contributed by atoms with Crippen LogP contribution in [0.15, 0.2) is 60.7 Å². The summed E-state index contributed by atoms with van der Waals surface area (Å²) < 4.78 is 11.8. The van der Waals surface area contributed by atoms with Crippen LogP contribution >= 0.6 is 0 Å². The highest BCUT2D eigenvalue weighted by atomic mass is 16.5. The summed E-state index contributed by atoms with van der Waals surface area (Å²) in [7, 11) is 0. The molecule has 2 aromatic rings. The van der Waals surface area contributed by atoms with E-state index in [1.54, 1.807) is 0 Å². The molecule has 3 nitrogen and oxygen atoms in total. The van der Waals surface area contributed by atoms with E-state index < -0.39 is 0 Å². The molecule has 0 heterocycles. The molecular formula is C21H26O3. The number of benzene rings is 2. The van der Waals surface area contributed by atoms with Crippen molar-refractivity contribution in [3.8, 4) is 0 Å². The van der Waals surface area contributed by atoms with Gasteiger partial charge in [-0.05, 0) is 11.1 Å². The second kappa shape index (κ2) is 10.0. The van der Waals surface area contributed by atoms with Crippen LogP contribution in [0.5, 0.6) is 0 Å². The molecule has 0 fully saturated rings. The summed E-state index contributed by atoms with van der Waals surface area (Å²) in [6, 6.07) is 20.1. The molecule has 0 N–H and O–H groups in total. The Morgan fingerprint density at radius 2 is 1.42 bits per heavy atom. The molecular weight excluding hydrogens is 300 g/mol. The molecule has 0 bridgehead atoms. The molecule has 24 heavy (non-hydrogen) atoms. The van der Waals surface area contributed by atoms with Gasteiger partial charge in [0.05, 0.1) is 25.9 Å². The number of aldehydes is 1. The Balaban J connectivity index is 1.85. The van der Waals surface area contributed by atoms with Crippen LogP contribution in [0.4, 0.5) is 0 Å². The molecule has 0 aliphatic heterocycles. The molecule has 0 aromatic heterocycles. The number of hydrogen-bond donors (Lipinski definition) is 0. The summed E-state index contributed by atoms with van der Waals surface area (Å²) in [5, 5.41) is 0. The van der Waals surface area contributed by atoms with Crippen molar-refractivity contribution in [2.45, 2.75) is 33.2 Å². The Bertz CT molecular complexity index is 583. The van der Waals surface area contributed by atoms with Crippen molar-refractivity contribution in [3.63, 3.8) is 0 Å². The van der Waals surface area contributed by atoms with Gasteiger partial charge < -0.3 is 14.3 Å². The molecule has 0 saturated heterocycles. The molecule has 0 amide bonds. The Labute approximate surface area is 144 Å². The van der Waals surface area contributed by atoms with Crippen molar-refractivity contribution in [1.82, 2.24) is 0 Å². The first-order chi connectivity index (χ1) is 11.7. The lowest BCUT2D eigenvalue weighted by molar-refractivity contribution is -0.119. The lowest BCUT2D eigenvalue weighted by atomic mass is 9.94. The Morgan fingerprint density at radius 3 is 1.96 bits per heavy atom. The molecule has 0 aliphatic carbocycles. The number of ether oxygens (including phenoxy) is 2. The van der Waals surface area contributed by atoms with Crippen molar-refractivity contribution < 1.29 is 14.3 Å². The number of rotatable bonds is 10. The van der Waals surface area contributed by atoms with Crippen LogP contribution in [0, 0.1) is 11.8 Å².